The molecule has 1 aliphatic rings. The van der Waals surface area contributed by atoms with Crippen LogP contribution in [-0.4, -0.2) is 52.3 Å². The molecule has 0 saturated carbocycles. The lowest BCUT2D eigenvalue weighted by Crippen LogP contribution is -2.44. The minimum atomic E-state index is -3.10. The first-order chi connectivity index (χ1) is 10.9. The van der Waals surface area contributed by atoms with Crippen molar-refractivity contribution in [3.05, 3.63) is 29.8 Å². The predicted molar refractivity (Wildman–Crippen MR) is 96.3 cm³/mol. The number of anilines is 1. The fraction of sp³-hybridized carbons (Fsp3) is 0.647. The minimum Gasteiger partial charge on any atom is -0.377 e. The number of para-hydroxylation sites is 1. The van der Waals surface area contributed by atoms with Crippen LogP contribution in [0, 0.1) is 0 Å². The number of piperidine rings is 1. The lowest BCUT2D eigenvalue weighted by molar-refractivity contribution is 0.200. The van der Waals surface area contributed by atoms with Gasteiger partial charge in [-0.3, -0.25) is 4.90 Å². The van der Waals surface area contributed by atoms with Gasteiger partial charge in [0.1, 0.15) is 0 Å². The Kier molecular flexibility index (Phi) is 6.44. The Labute approximate surface area is 140 Å². The Bertz CT molecular complexity index is 594. The molecule has 6 heteroatoms. The van der Waals surface area contributed by atoms with Crippen LogP contribution in [0.2, 0.25) is 0 Å². The second kappa shape index (κ2) is 8.13. The molecule has 2 rings (SSSR count). The highest BCUT2D eigenvalue weighted by molar-refractivity contribution is 7.89. The third-order valence-corrected chi connectivity index (χ3v) is 5.91. The number of likely N-dealkylation sites (tertiary alicyclic amines) is 1. The topological polar surface area (TPSA) is 52.7 Å². The molecular formula is C17H29N3O2S. The summed E-state index contributed by atoms with van der Waals surface area (Å²) in [4.78, 5) is 4.55. The van der Waals surface area contributed by atoms with Crippen molar-refractivity contribution in [1.29, 1.82) is 0 Å². The van der Waals surface area contributed by atoms with Crippen molar-refractivity contribution in [2.75, 3.05) is 37.8 Å². The van der Waals surface area contributed by atoms with Crippen LogP contribution in [0.5, 0.6) is 0 Å². The summed E-state index contributed by atoms with van der Waals surface area (Å²) in [5, 5.41) is 0. The molecule has 1 aromatic carbocycles. The standard InChI is InChI=1S/C17H29N3O2S/c1-4-13-23(21,22)18-16-9-11-20(12-10-16)14-15-7-5-6-8-17(15)19(2)3/h5-8,16,18H,4,9-14H2,1-3H3. The molecule has 130 valence electrons. The fourth-order valence-electron chi connectivity index (χ4n) is 3.11. The van der Waals surface area contributed by atoms with Crippen molar-refractivity contribution in [2.45, 2.75) is 38.8 Å². The lowest BCUT2D eigenvalue weighted by Gasteiger charge is -2.33. The highest BCUT2D eigenvalue weighted by Gasteiger charge is 2.23. The summed E-state index contributed by atoms with van der Waals surface area (Å²) in [6, 6.07) is 8.54. The zero-order valence-electron chi connectivity index (χ0n) is 14.5. The average molecular weight is 340 g/mol. The summed E-state index contributed by atoms with van der Waals surface area (Å²) < 4.78 is 26.6. The van der Waals surface area contributed by atoms with Gasteiger partial charge in [-0.15, -0.1) is 0 Å². The number of sulfonamides is 1. The van der Waals surface area contributed by atoms with Gasteiger partial charge in [0.2, 0.25) is 10.0 Å². The Hall–Kier alpha value is -1.11. The van der Waals surface area contributed by atoms with E-state index in [4.69, 9.17) is 0 Å². The van der Waals surface area contributed by atoms with E-state index in [-0.39, 0.29) is 11.8 Å². The van der Waals surface area contributed by atoms with E-state index < -0.39 is 10.0 Å². The maximum Gasteiger partial charge on any atom is 0.211 e. The van der Waals surface area contributed by atoms with Crippen molar-refractivity contribution in [2.24, 2.45) is 0 Å². The number of nitrogens with zero attached hydrogens (tertiary/aromatic N) is 2. The van der Waals surface area contributed by atoms with E-state index in [1.807, 2.05) is 6.92 Å². The van der Waals surface area contributed by atoms with Gasteiger partial charge >= 0.3 is 0 Å². The van der Waals surface area contributed by atoms with Crippen LogP contribution < -0.4 is 9.62 Å². The van der Waals surface area contributed by atoms with Crippen LogP contribution in [0.1, 0.15) is 31.7 Å². The molecule has 1 saturated heterocycles. The summed E-state index contributed by atoms with van der Waals surface area (Å²) >= 11 is 0. The SMILES string of the molecule is CCCS(=O)(=O)NC1CCN(Cc2ccccc2N(C)C)CC1. The number of hydrogen-bond donors (Lipinski definition) is 1. The quantitative estimate of drug-likeness (QED) is 0.826. The van der Waals surface area contributed by atoms with E-state index in [1.54, 1.807) is 0 Å². The highest BCUT2D eigenvalue weighted by atomic mass is 32.2. The zero-order chi connectivity index (χ0) is 16.9. The molecule has 1 heterocycles. The van der Waals surface area contributed by atoms with E-state index in [0.29, 0.717) is 6.42 Å². The summed E-state index contributed by atoms with van der Waals surface area (Å²) in [5.74, 6) is 0.226. The second-order valence-corrected chi connectivity index (χ2v) is 8.38. The highest BCUT2D eigenvalue weighted by Crippen LogP contribution is 2.22. The normalized spacial score (nSPS) is 17.3. The molecule has 1 N–H and O–H groups in total. The van der Waals surface area contributed by atoms with Gasteiger partial charge in [0.05, 0.1) is 5.75 Å². The van der Waals surface area contributed by atoms with Crippen molar-refractivity contribution in [3.63, 3.8) is 0 Å². The van der Waals surface area contributed by atoms with E-state index in [2.05, 4.69) is 52.9 Å². The smallest absolute Gasteiger partial charge is 0.211 e. The fourth-order valence-corrected chi connectivity index (χ4v) is 4.51. The van der Waals surface area contributed by atoms with Crippen molar-refractivity contribution >= 4 is 15.7 Å². The van der Waals surface area contributed by atoms with Crippen LogP contribution in [0.3, 0.4) is 0 Å². The van der Waals surface area contributed by atoms with E-state index >= 15 is 0 Å². The molecule has 0 aromatic heterocycles. The molecule has 0 aliphatic carbocycles. The van der Waals surface area contributed by atoms with Crippen molar-refractivity contribution < 1.29 is 8.42 Å². The number of hydrogen-bond acceptors (Lipinski definition) is 4. The van der Waals surface area contributed by atoms with Crippen LogP contribution >= 0.6 is 0 Å². The molecular weight excluding hydrogens is 310 g/mol. The Morgan fingerprint density at radius 2 is 1.87 bits per heavy atom. The van der Waals surface area contributed by atoms with Gasteiger partial charge < -0.3 is 4.90 Å². The molecule has 0 unspecified atom stereocenters. The first-order valence-electron chi connectivity index (χ1n) is 8.39. The Morgan fingerprint density at radius 3 is 2.48 bits per heavy atom. The van der Waals surface area contributed by atoms with Gasteiger partial charge in [0, 0.05) is 45.5 Å². The van der Waals surface area contributed by atoms with Gasteiger partial charge in [-0.2, -0.15) is 0 Å². The molecule has 0 amide bonds. The van der Waals surface area contributed by atoms with E-state index in [9.17, 15) is 8.42 Å². The molecule has 1 aliphatic heterocycles. The lowest BCUT2D eigenvalue weighted by atomic mass is 10.0. The monoisotopic (exact) mass is 339 g/mol. The number of benzene rings is 1. The molecule has 1 aromatic rings. The molecule has 5 nitrogen and oxygen atoms in total. The van der Waals surface area contributed by atoms with Crippen molar-refractivity contribution in [1.82, 2.24) is 9.62 Å². The maximum atomic E-state index is 11.9. The Balaban J connectivity index is 1.88. The van der Waals surface area contributed by atoms with Gasteiger partial charge in [-0.1, -0.05) is 25.1 Å². The summed E-state index contributed by atoms with van der Waals surface area (Å²) in [5.41, 5.74) is 2.57. The summed E-state index contributed by atoms with van der Waals surface area (Å²) in [6.45, 7) is 4.68. The third kappa shape index (κ3) is 5.48. The Morgan fingerprint density at radius 1 is 1.22 bits per heavy atom. The first kappa shape index (κ1) is 18.2. The average Bonchev–Trinajstić information content (AvgIpc) is 2.49. The largest absolute Gasteiger partial charge is 0.377 e. The van der Waals surface area contributed by atoms with Gasteiger partial charge in [0.15, 0.2) is 0 Å². The summed E-state index contributed by atoms with van der Waals surface area (Å²) in [6.07, 6.45) is 2.43. The third-order valence-electron chi connectivity index (χ3n) is 4.27. The van der Waals surface area contributed by atoms with E-state index in [1.165, 1.54) is 11.3 Å². The molecule has 0 radical (unpaired) electrons. The van der Waals surface area contributed by atoms with Crippen LogP contribution in [0.25, 0.3) is 0 Å². The van der Waals surface area contributed by atoms with E-state index in [0.717, 1.165) is 32.5 Å². The van der Waals surface area contributed by atoms with Gasteiger partial charge in [-0.25, -0.2) is 13.1 Å². The summed E-state index contributed by atoms with van der Waals surface area (Å²) in [7, 11) is 1.03. The molecule has 0 bridgehead atoms. The molecule has 23 heavy (non-hydrogen) atoms. The number of nitrogens with one attached hydrogen (secondary N) is 1. The van der Waals surface area contributed by atoms with Gasteiger partial charge in [-0.05, 0) is 30.9 Å². The van der Waals surface area contributed by atoms with Crippen LogP contribution in [-0.2, 0) is 16.6 Å². The van der Waals surface area contributed by atoms with Crippen molar-refractivity contribution in [3.8, 4) is 0 Å². The number of rotatable bonds is 7. The molecule has 1 fully saturated rings. The first-order valence-corrected chi connectivity index (χ1v) is 10.0. The molecule has 0 atom stereocenters. The van der Waals surface area contributed by atoms with Crippen LogP contribution in [0.15, 0.2) is 24.3 Å². The van der Waals surface area contributed by atoms with Gasteiger partial charge in [0.25, 0.3) is 0 Å². The molecule has 0 spiro atoms. The minimum absolute atomic E-state index is 0.0897. The predicted octanol–water partition coefficient (Wildman–Crippen LogP) is 2.05. The zero-order valence-corrected chi connectivity index (χ0v) is 15.3. The second-order valence-electron chi connectivity index (χ2n) is 6.51. The van der Waals surface area contributed by atoms with Crippen LogP contribution in [0.4, 0.5) is 5.69 Å². The maximum absolute atomic E-state index is 11.9.